The van der Waals surface area contributed by atoms with Gasteiger partial charge in [0.2, 0.25) is 0 Å². The van der Waals surface area contributed by atoms with Crippen LogP contribution in [-0.2, 0) is 6.42 Å². The molecule has 1 nitrogen and oxygen atoms in total. The van der Waals surface area contributed by atoms with Crippen molar-refractivity contribution in [2.24, 2.45) is 5.73 Å². The molecule has 0 spiro atoms. The first-order valence-corrected chi connectivity index (χ1v) is 6.96. The van der Waals surface area contributed by atoms with Crippen LogP contribution >= 0.6 is 11.3 Å². The topological polar surface area (TPSA) is 26.0 Å². The molecule has 0 saturated heterocycles. The van der Waals surface area contributed by atoms with E-state index in [0.717, 1.165) is 18.9 Å². The van der Waals surface area contributed by atoms with E-state index in [4.69, 9.17) is 5.73 Å². The van der Waals surface area contributed by atoms with Crippen LogP contribution in [0.25, 0.3) is 10.1 Å². The fourth-order valence-electron chi connectivity index (χ4n) is 2.44. The maximum Gasteiger partial charge on any atom is 0.0345 e. The number of thiophene rings is 1. The molecule has 1 aliphatic rings. The number of hydrogen-bond donors (Lipinski definition) is 1. The van der Waals surface area contributed by atoms with Crippen molar-refractivity contribution in [3.63, 3.8) is 0 Å². The van der Waals surface area contributed by atoms with Crippen LogP contribution in [0, 0.1) is 0 Å². The van der Waals surface area contributed by atoms with Crippen LogP contribution in [-0.4, -0.2) is 6.54 Å². The third-order valence-electron chi connectivity index (χ3n) is 3.67. The molecular weight excluding hydrogens is 214 g/mol. The highest BCUT2D eigenvalue weighted by molar-refractivity contribution is 7.17. The first kappa shape index (κ1) is 10.3. The summed E-state index contributed by atoms with van der Waals surface area (Å²) >= 11 is 1.84. The normalized spacial score (nSPS) is 16.6. The molecule has 2 heteroatoms. The Morgan fingerprint density at radius 2 is 2.19 bits per heavy atom. The predicted molar refractivity (Wildman–Crippen MR) is 71.2 cm³/mol. The summed E-state index contributed by atoms with van der Waals surface area (Å²) in [5.74, 6) is 0.829. The Bertz CT molecular complexity index is 496. The fraction of sp³-hybridized carbons (Fsp3) is 0.429. The van der Waals surface area contributed by atoms with Crippen molar-refractivity contribution in [3.8, 4) is 0 Å². The van der Waals surface area contributed by atoms with Gasteiger partial charge in [0.15, 0.2) is 0 Å². The van der Waals surface area contributed by atoms with Crippen molar-refractivity contribution in [2.45, 2.75) is 31.6 Å². The minimum atomic E-state index is 0.749. The van der Waals surface area contributed by atoms with Crippen molar-refractivity contribution in [3.05, 3.63) is 34.7 Å². The van der Waals surface area contributed by atoms with Gasteiger partial charge in [-0.25, -0.2) is 0 Å². The minimum absolute atomic E-state index is 0.749. The molecule has 84 valence electrons. The van der Waals surface area contributed by atoms with Crippen molar-refractivity contribution in [1.29, 1.82) is 0 Å². The van der Waals surface area contributed by atoms with E-state index in [1.165, 1.54) is 40.5 Å². The average molecular weight is 231 g/mol. The molecule has 1 saturated carbocycles. The van der Waals surface area contributed by atoms with Gasteiger partial charge in [-0.1, -0.05) is 12.5 Å². The molecule has 1 aromatic heterocycles. The lowest BCUT2D eigenvalue weighted by Gasteiger charge is -2.25. The van der Waals surface area contributed by atoms with Gasteiger partial charge in [-0.2, -0.15) is 0 Å². The number of nitrogens with two attached hydrogens (primary N) is 1. The van der Waals surface area contributed by atoms with Gasteiger partial charge in [0.05, 0.1) is 0 Å². The summed E-state index contributed by atoms with van der Waals surface area (Å²) in [6.07, 6.45) is 5.17. The second-order valence-electron chi connectivity index (χ2n) is 4.68. The van der Waals surface area contributed by atoms with Crippen LogP contribution in [0.5, 0.6) is 0 Å². The zero-order valence-corrected chi connectivity index (χ0v) is 10.2. The third kappa shape index (κ3) is 1.66. The zero-order chi connectivity index (χ0) is 11.0. The Morgan fingerprint density at radius 3 is 2.88 bits per heavy atom. The summed E-state index contributed by atoms with van der Waals surface area (Å²) in [7, 11) is 0. The molecule has 2 aromatic rings. The predicted octanol–water partition coefficient (Wildman–Crippen LogP) is 3.67. The zero-order valence-electron chi connectivity index (χ0n) is 9.41. The monoisotopic (exact) mass is 231 g/mol. The van der Waals surface area contributed by atoms with Gasteiger partial charge in [-0.05, 0) is 65.8 Å². The van der Waals surface area contributed by atoms with Crippen molar-refractivity contribution in [2.75, 3.05) is 6.54 Å². The number of hydrogen-bond acceptors (Lipinski definition) is 2. The van der Waals surface area contributed by atoms with Crippen LogP contribution in [0.3, 0.4) is 0 Å². The van der Waals surface area contributed by atoms with Gasteiger partial charge < -0.3 is 5.73 Å². The second kappa shape index (κ2) is 4.19. The van der Waals surface area contributed by atoms with E-state index in [1.807, 2.05) is 11.3 Å². The lowest BCUT2D eigenvalue weighted by atomic mass is 9.80. The molecule has 1 aliphatic carbocycles. The summed E-state index contributed by atoms with van der Waals surface area (Å²) in [6, 6.07) is 7.00. The molecular formula is C14H17NS. The summed E-state index contributed by atoms with van der Waals surface area (Å²) in [4.78, 5) is 0. The standard InChI is InChI=1S/C14H17NS/c15-7-6-12-9-16-14-5-4-11(8-13(12)14)10-2-1-3-10/h4-5,8-10H,1-3,6-7,15H2. The number of fused-ring (bicyclic) bond motifs is 1. The van der Waals surface area contributed by atoms with Gasteiger partial charge in [0.25, 0.3) is 0 Å². The second-order valence-corrected chi connectivity index (χ2v) is 5.59. The van der Waals surface area contributed by atoms with E-state index in [2.05, 4.69) is 23.6 Å². The van der Waals surface area contributed by atoms with Crippen LogP contribution < -0.4 is 5.73 Å². The summed E-state index contributed by atoms with van der Waals surface area (Å²) in [5.41, 5.74) is 8.62. The Morgan fingerprint density at radius 1 is 1.31 bits per heavy atom. The van der Waals surface area contributed by atoms with E-state index >= 15 is 0 Å². The van der Waals surface area contributed by atoms with Crippen molar-refractivity contribution >= 4 is 21.4 Å². The molecule has 0 bridgehead atoms. The van der Waals surface area contributed by atoms with Crippen LogP contribution in [0.1, 0.15) is 36.3 Å². The lowest BCUT2D eigenvalue weighted by Crippen LogP contribution is -2.08. The largest absolute Gasteiger partial charge is 0.330 e. The number of benzene rings is 1. The van der Waals surface area contributed by atoms with Gasteiger partial charge >= 0.3 is 0 Å². The first-order valence-electron chi connectivity index (χ1n) is 6.08. The lowest BCUT2D eigenvalue weighted by molar-refractivity contribution is 0.420. The Kier molecular flexibility index (Phi) is 2.70. The average Bonchev–Trinajstić information content (AvgIpc) is 2.60. The smallest absolute Gasteiger partial charge is 0.0345 e. The van der Waals surface area contributed by atoms with Crippen LogP contribution in [0.4, 0.5) is 0 Å². The van der Waals surface area contributed by atoms with E-state index in [9.17, 15) is 0 Å². The molecule has 1 fully saturated rings. The minimum Gasteiger partial charge on any atom is -0.330 e. The highest BCUT2D eigenvalue weighted by Gasteiger charge is 2.19. The fourth-order valence-corrected chi connectivity index (χ4v) is 3.42. The highest BCUT2D eigenvalue weighted by Crippen LogP contribution is 2.38. The van der Waals surface area contributed by atoms with Gasteiger partial charge in [-0.3, -0.25) is 0 Å². The maximum atomic E-state index is 5.65. The molecule has 0 aliphatic heterocycles. The Hall–Kier alpha value is -0.860. The third-order valence-corrected chi connectivity index (χ3v) is 4.68. The maximum absolute atomic E-state index is 5.65. The summed E-state index contributed by atoms with van der Waals surface area (Å²) in [6.45, 7) is 0.749. The molecule has 2 N–H and O–H groups in total. The van der Waals surface area contributed by atoms with E-state index in [1.54, 1.807) is 0 Å². The quantitative estimate of drug-likeness (QED) is 0.857. The van der Waals surface area contributed by atoms with Crippen molar-refractivity contribution in [1.82, 2.24) is 0 Å². The van der Waals surface area contributed by atoms with Gasteiger partial charge in [-0.15, -0.1) is 11.3 Å². The van der Waals surface area contributed by atoms with E-state index in [0.29, 0.717) is 0 Å². The van der Waals surface area contributed by atoms with E-state index in [-0.39, 0.29) is 0 Å². The number of rotatable bonds is 3. The molecule has 16 heavy (non-hydrogen) atoms. The van der Waals surface area contributed by atoms with E-state index < -0.39 is 0 Å². The Balaban J connectivity index is 2.03. The molecule has 0 radical (unpaired) electrons. The van der Waals surface area contributed by atoms with Crippen LogP contribution in [0.2, 0.25) is 0 Å². The molecule has 3 rings (SSSR count). The van der Waals surface area contributed by atoms with Crippen LogP contribution in [0.15, 0.2) is 23.6 Å². The SMILES string of the molecule is NCCc1csc2ccc(C3CCC3)cc12. The summed E-state index contributed by atoms with van der Waals surface area (Å²) < 4.78 is 1.41. The highest BCUT2D eigenvalue weighted by atomic mass is 32.1. The molecule has 1 aromatic carbocycles. The molecule has 0 atom stereocenters. The van der Waals surface area contributed by atoms with Crippen molar-refractivity contribution < 1.29 is 0 Å². The first-order chi connectivity index (χ1) is 7.88. The molecule has 0 unspecified atom stereocenters. The van der Waals surface area contributed by atoms with Gasteiger partial charge in [0.1, 0.15) is 0 Å². The summed E-state index contributed by atoms with van der Waals surface area (Å²) in [5, 5.41) is 3.71. The molecule has 0 amide bonds. The Labute approximate surface area is 100 Å². The molecule has 1 heterocycles. The van der Waals surface area contributed by atoms with Gasteiger partial charge in [0, 0.05) is 4.70 Å².